The highest BCUT2D eigenvalue weighted by Crippen LogP contribution is 2.24. The molecule has 1 aliphatic heterocycles. The van der Waals surface area contributed by atoms with Crippen LogP contribution in [-0.2, 0) is 0 Å². The lowest BCUT2D eigenvalue weighted by Crippen LogP contribution is -2.39. The fourth-order valence-corrected chi connectivity index (χ4v) is 2.95. The molecule has 1 aromatic heterocycles. The largest absolute Gasteiger partial charge is 0.455 e. The van der Waals surface area contributed by atoms with Crippen molar-refractivity contribution < 1.29 is 8.81 Å². The molecule has 0 amide bonds. The molecular weight excluding hydrogens is 279 g/mol. The number of piperidine rings is 1. The van der Waals surface area contributed by atoms with Crippen molar-refractivity contribution in [1.29, 1.82) is 0 Å². The second-order valence-electron chi connectivity index (χ2n) is 5.96. The maximum atomic E-state index is 13.0. The van der Waals surface area contributed by atoms with Gasteiger partial charge in [0.05, 0.1) is 6.21 Å². The second kappa shape index (κ2) is 6.34. The van der Waals surface area contributed by atoms with Gasteiger partial charge in [-0.15, -0.1) is 0 Å². The third kappa shape index (κ3) is 3.21. The van der Waals surface area contributed by atoms with E-state index in [1.54, 1.807) is 18.3 Å². The van der Waals surface area contributed by atoms with E-state index in [0.717, 1.165) is 11.3 Å². The lowest BCUT2D eigenvalue weighted by atomic mass is 10.00. The van der Waals surface area contributed by atoms with Gasteiger partial charge < -0.3 is 4.42 Å². The molecule has 0 bridgehead atoms. The van der Waals surface area contributed by atoms with E-state index in [1.807, 2.05) is 12.1 Å². The summed E-state index contributed by atoms with van der Waals surface area (Å²) in [6.45, 7) is 4.41. The molecule has 2 heterocycles. The van der Waals surface area contributed by atoms with Crippen molar-refractivity contribution in [1.82, 2.24) is 5.01 Å². The Hall–Kier alpha value is -2.10. The predicted octanol–water partition coefficient (Wildman–Crippen LogP) is 4.68. The van der Waals surface area contributed by atoms with E-state index in [9.17, 15) is 4.39 Å². The summed E-state index contributed by atoms with van der Waals surface area (Å²) >= 11 is 0. The minimum absolute atomic E-state index is 0.245. The summed E-state index contributed by atoms with van der Waals surface area (Å²) in [6.07, 6.45) is 5.40. The fraction of sp³-hybridized carbons (Fsp3) is 0.389. The molecule has 0 aliphatic carbocycles. The summed E-state index contributed by atoms with van der Waals surface area (Å²) in [5, 5.41) is 6.75. The number of hydrazone groups is 1. The highest BCUT2D eigenvalue weighted by molar-refractivity contribution is 5.77. The van der Waals surface area contributed by atoms with Crippen LogP contribution >= 0.6 is 0 Å². The highest BCUT2D eigenvalue weighted by Gasteiger charge is 2.22. The van der Waals surface area contributed by atoms with Gasteiger partial charge in [0.1, 0.15) is 17.3 Å². The van der Waals surface area contributed by atoms with Crippen LogP contribution in [0.4, 0.5) is 4.39 Å². The Labute approximate surface area is 130 Å². The molecule has 0 radical (unpaired) electrons. The minimum Gasteiger partial charge on any atom is -0.455 e. The van der Waals surface area contributed by atoms with Crippen LogP contribution < -0.4 is 0 Å². The monoisotopic (exact) mass is 300 g/mol. The molecule has 2 atom stereocenters. The van der Waals surface area contributed by atoms with Crippen molar-refractivity contribution in [3.8, 4) is 11.3 Å². The van der Waals surface area contributed by atoms with Crippen LogP contribution in [0, 0.1) is 5.82 Å². The molecule has 3 nitrogen and oxygen atoms in total. The Bertz CT molecular complexity index is 637. The molecule has 0 unspecified atom stereocenters. The summed E-state index contributed by atoms with van der Waals surface area (Å²) in [5.41, 5.74) is 0.862. The average molecular weight is 300 g/mol. The summed E-state index contributed by atoms with van der Waals surface area (Å²) in [6, 6.07) is 11.0. The molecule has 0 N–H and O–H groups in total. The Morgan fingerprint density at radius 1 is 1.09 bits per heavy atom. The van der Waals surface area contributed by atoms with E-state index in [2.05, 4.69) is 24.0 Å². The fourth-order valence-electron chi connectivity index (χ4n) is 2.95. The SMILES string of the molecule is C[C@@H]1CCC[C@@H](C)N1/N=C\c1ccc(-c2ccc(F)cc2)o1. The minimum atomic E-state index is -0.245. The van der Waals surface area contributed by atoms with Crippen LogP contribution in [-0.4, -0.2) is 23.3 Å². The number of benzene rings is 1. The molecule has 0 spiro atoms. The van der Waals surface area contributed by atoms with Crippen molar-refractivity contribution in [3.05, 3.63) is 48.0 Å². The van der Waals surface area contributed by atoms with E-state index in [4.69, 9.17) is 4.42 Å². The molecule has 1 aromatic carbocycles. The van der Waals surface area contributed by atoms with Gasteiger partial charge >= 0.3 is 0 Å². The third-order valence-electron chi connectivity index (χ3n) is 4.22. The van der Waals surface area contributed by atoms with Crippen molar-refractivity contribution in [2.24, 2.45) is 5.10 Å². The number of furan rings is 1. The Morgan fingerprint density at radius 3 is 2.45 bits per heavy atom. The van der Waals surface area contributed by atoms with Gasteiger partial charge in [-0.3, -0.25) is 5.01 Å². The second-order valence-corrected chi connectivity index (χ2v) is 5.96. The predicted molar refractivity (Wildman–Crippen MR) is 86.3 cm³/mol. The average Bonchev–Trinajstić information content (AvgIpc) is 2.96. The van der Waals surface area contributed by atoms with Gasteiger partial charge in [0, 0.05) is 17.6 Å². The standard InChI is InChI=1S/C18H21FN2O/c1-13-4-3-5-14(2)21(13)20-12-17-10-11-18(22-17)15-6-8-16(19)9-7-15/h6-14H,3-5H2,1-2H3/b20-12-/t13-,14-/m1/s1. The quantitative estimate of drug-likeness (QED) is 0.770. The lowest BCUT2D eigenvalue weighted by molar-refractivity contribution is 0.109. The van der Waals surface area contributed by atoms with Crippen LogP contribution in [0.2, 0.25) is 0 Å². The maximum Gasteiger partial charge on any atom is 0.147 e. The maximum absolute atomic E-state index is 13.0. The number of halogens is 1. The summed E-state index contributed by atoms with van der Waals surface area (Å²) < 4.78 is 18.7. The normalized spacial score (nSPS) is 22.4. The number of nitrogens with zero attached hydrogens (tertiary/aromatic N) is 2. The summed E-state index contributed by atoms with van der Waals surface area (Å²) in [5.74, 6) is 1.19. The van der Waals surface area contributed by atoms with E-state index < -0.39 is 0 Å². The number of hydrogen-bond donors (Lipinski definition) is 0. The zero-order valence-electron chi connectivity index (χ0n) is 13.0. The van der Waals surface area contributed by atoms with Gasteiger partial charge in [0.2, 0.25) is 0 Å². The van der Waals surface area contributed by atoms with Crippen LogP contribution in [0.15, 0.2) is 45.9 Å². The van der Waals surface area contributed by atoms with Gasteiger partial charge in [-0.25, -0.2) is 4.39 Å². The van der Waals surface area contributed by atoms with Crippen molar-refractivity contribution >= 4 is 6.21 Å². The molecule has 0 saturated carbocycles. The number of hydrogen-bond acceptors (Lipinski definition) is 3. The van der Waals surface area contributed by atoms with Crippen molar-refractivity contribution in [2.45, 2.75) is 45.2 Å². The molecule has 2 aromatic rings. The topological polar surface area (TPSA) is 28.7 Å². The van der Waals surface area contributed by atoms with Gasteiger partial charge in [-0.1, -0.05) is 0 Å². The van der Waals surface area contributed by atoms with Crippen LogP contribution in [0.3, 0.4) is 0 Å². The highest BCUT2D eigenvalue weighted by atomic mass is 19.1. The molecule has 3 rings (SSSR count). The van der Waals surface area contributed by atoms with Crippen LogP contribution in [0.1, 0.15) is 38.9 Å². The molecule has 22 heavy (non-hydrogen) atoms. The molecule has 1 aliphatic rings. The first-order valence-electron chi connectivity index (χ1n) is 7.81. The first kappa shape index (κ1) is 14.8. The Balaban J connectivity index is 1.73. The van der Waals surface area contributed by atoms with Gasteiger partial charge in [0.15, 0.2) is 0 Å². The van der Waals surface area contributed by atoms with Gasteiger partial charge in [0.25, 0.3) is 0 Å². The molecule has 4 heteroatoms. The first-order valence-corrected chi connectivity index (χ1v) is 7.81. The van der Waals surface area contributed by atoms with E-state index >= 15 is 0 Å². The van der Waals surface area contributed by atoms with Crippen LogP contribution in [0.5, 0.6) is 0 Å². The van der Waals surface area contributed by atoms with E-state index in [0.29, 0.717) is 17.8 Å². The van der Waals surface area contributed by atoms with Crippen molar-refractivity contribution in [2.75, 3.05) is 0 Å². The van der Waals surface area contributed by atoms with E-state index in [1.165, 1.54) is 31.4 Å². The molecule has 1 saturated heterocycles. The zero-order valence-corrected chi connectivity index (χ0v) is 13.0. The lowest BCUT2D eigenvalue weighted by Gasteiger charge is -2.36. The molecule has 116 valence electrons. The molecular formula is C18H21FN2O. The van der Waals surface area contributed by atoms with E-state index in [-0.39, 0.29) is 5.82 Å². The van der Waals surface area contributed by atoms with Gasteiger partial charge in [-0.05, 0) is 69.5 Å². The smallest absolute Gasteiger partial charge is 0.147 e. The summed E-state index contributed by atoms with van der Waals surface area (Å²) in [4.78, 5) is 0. The van der Waals surface area contributed by atoms with Crippen LogP contribution in [0.25, 0.3) is 11.3 Å². The Kier molecular flexibility index (Phi) is 4.27. The third-order valence-corrected chi connectivity index (χ3v) is 4.22. The zero-order chi connectivity index (χ0) is 15.5. The number of rotatable bonds is 3. The van der Waals surface area contributed by atoms with Gasteiger partial charge in [-0.2, -0.15) is 5.10 Å². The summed E-state index contributed by atoms with van der Waals surface area (Å²) in [7, 11) is 0. The molecule has 1 fully saturated rings. The first-order chi connectivity index (χ1) is 10.6. The Morgan fingerprint density at radius 2 is 1.77 bits per heavy atom. The van der Waals surface area contributed by atoms with Crippen molar-refractivity contribution in [3.63, 3.8) is 0 Å².